The lowest BCUT2D eigenvalue weighted by Crippen LogP contribution is -2.55. The molecule has 36 heavy (non-hydrogen) atoms. The Kier molecular flexibility index (Phi) is 19.7. The number of hydrogen-bond acceptors (Lipinski definition) is 4. The number of benzene rings is 1. The van der Waals surface area contributed by atoms with Crippen molar-refractivity contribution in [3.05, 3.63) is 30.3 Å². The third-order valence-electron chi connectivity index (χ3n) is 6.92. The van der Waals surface area contributed by atoms with Crippen molar-refractivity contribution in [2.24, 2.45) is 0 Å². The molecule has 0 unspecified atom stereocenters. The van der Waals surface area contributed by atoms with E-state index in [1.807, 2.05) is 0 Å². The van der Waals surface area contributed by atoms with Crippen molar-refractivity contribution in [1.82, 2.24) is 0 Å². The van der Waals surface area contributed by atoms with E-state index in [4.69, 9.17) is 4.74 Å². The zero-order chi connectivity index (χ0) is 26.4. The molecular weight excluding hydrogens is 585 g/mol. The minimum absolute atomic E-state index is 0.185. The van der Waals surface area contributed by atoms with E-state index < -0.39 is 10.1 Å². The Bertz CT molecular complexity index is 815. The number of ether oxygens (including phenoxy) is 1. The lowest BCUT2D eigenvalue weighted by Gasteiger charge is -2.40. The van der Waals surface area contributed by atoms with Crippen LogP contribution in [-0.2, 0) is 14.9 Å². The van der Waals surface area contributed by atoms with Crippen molar-refractivity contribution in [2.75, 3.05) is 39.4 Å². The Hall–Kier alpha value is -0.660. The van der Waals surface area contributed by atoms with Gasteiger partial charge < -0.3 is 13.8 Å². The highest BCUT2D eigenvalue weighted by Crippen LogP contribution is 2.16. The summed E-state index contributed by atoms with van der Waals surface area (Å²) in [6, 6.07) is 7.19. The first-order valence-electron chi connectivity index (χ1n) is 14.0. The quantitative estimate of drug-likeness (QED) is 0.0594. The maximum absolute atomic E-state index is 10.3. The van der Waals surface area contributed by atoms with Crippen molar-refractivity contribution in [3.63, 3.8) is 0 Å². The molecule has 2 rings (SSSR count). The minimum atomic E-state index is -4.25. The molecule has 0 aliphatic carbocycles. The van der Waals surface area contributed by atoms with Crippen LogP contribution in [0.25, 0.3) is 0 Å². The van der Waals surface area contributed by atoms with Crippen LogP contribution < -0.4 is 0 Å². The van der Waals surface area contributed by atoms with Gasteiger partial charge in [-0.05, 0) is 34.8 Å². The minimum Gasteiger partial charge on any atom is -0.744 e. The second kappa shape index (κ2) is 21.3. The fourth-order valence-corrected chi connectivity index (χ4v) is 5.28. The van der Waals surface area contributed by atoms with E-state index in [9.17, 15) is 13.0 Å². The number of morpholine rings is 1. The molecule has 1 saturated heterocycles. The summed E-state index contributed by atoms with van der Waals surface area (Å²) in [5, 5.41) is 0. The SMILES string of the molecule is CCCCCCCCCCCCCCCC[N+]1(CC#CI)CCOCC1.O=S(=O)([O-])c1ccccc1. The topological polar surface area (TPSA) is 66.4 Å². The van der Waals surface area contributed by atoms with Gasteiger partial charge in [0.1, 0.15) is 29.8 Å². The molecule has 0 amide bonds. The van der Waals surface area contributed by atoms with Crippen molar-refractivity contribution >= 4 is 32.7 Å². The van der Waals surface area contributed by atoms with Crippen LogP contribution in [0.1, 0.15) is 96.8 Å². The monoisotopic (exact) mass is 633 g/mol. The van der Waals surface area contributed by atoms with E-state index in [0.717, 1.165) is 32.8 Å². The van der Waals surface area contributed by atoms with Crippen LogP contribution in [0, 0.1) is 9.85 Å². The Balaban J connectivity index is 0.000000537. The van der Waals surface area contributed by atoms with Gasteiger partial charge in [0.25, 0.3) is 0 Å². The van der Waals surface area contributed by atoms with Crippen LogP contribution in [0.4, 0.5) is 0 Å². The van der Waals surface area contributed by atoms with Crippen LogP contribution in [0.15, 0.2) is 35.2 Å². The molecule has 7 heteroatoms. The van der Waals surface area contributed by atoms with E-state index in [1.54, 1.807) is 6.07 Å². The van der Waals surface area contributed by atoms with Crippen molar-refractivity contribution in [2.45, 2.75) is 102 Å². The molecule has 1 fully saturated rings. The second-order valence-corrected chi connectivity index (χ2v) is 11.8. The lowest BCUT2D eigenvalue weighted by atomic mass is 10.0. The molecule has 5 nitrogen and oxygen atoms in total. The van der Waals surface area contributed by atoms with Gasteiger partial charge in [-0.3, -0.25) is 0 Å². The number of halogens is 1. The van der Waals surface area contributed by atoms with Gasteiger partial charge in [-0.2, -0.15) is 0 Å². The second-order valence-electron chi connectivity index (χ2n) is 9.92. The predicted molar refractivity (Wildman–Crippen MR) is 157 cm³/mol. The number of nitrogens with zero attached hydrogens (tertiary/aromatic N) is 1. The molecule has 0 N–H and O–H groups in total. The van der Waals surface area contributed by atoms with Gasteiger partial charge in [0.2, 0.25) is 0 Å². The molecule has 0 radical (unpaired) electrons. The van der Waals surface area contributed by atoms with Gasteiger partial charge in [-0.1, -0.05) is 102 Å². The summed E-state index contributed by atoms with van der Waals surface area (Å²) in [7, 11) is -4.25. The van der Waals surface area contributed by atoms with Gasteiger partial charge >= 0.3 is 0 Å². The molecule has 1 aromatic rings. The molecule has 206 valence electrons. The standard InChI is InChI=1S/C23H43INO.C6H6O3S/c1-2-3-4-5-6-7-8-9-10-11-12-13-14-15-18-25(19-16-17-24)20-22-26-23-21-25;7-10(8,9)6-4-2-1-3-5-6/h2-15,18-23H2,1H3;1-5H,(H,7,8,9)/q+1;/p-1. The van der Waals surface area contributed by atoms with E-state index in [1.165, 1.54) is 125 Å². The van der Waals surface area contributed by atoms with Crippen molar-refractivity contribution in [3.8, 4) is 9.85 Å². The molecule has 0 bridgehead atoms. The zero-order valence-corrected chi connectivity index (χ0v) is 25.4. The molecule has 0 saturated carbocycles. The summed E-state index contributed by atoms with van der Waals surface area (Å²) in [5.74, 6) is 3.31. The Morgan fingerprint density at radius 3 is 1.72 bits per heavy atom. The molecule has 0 spiro atoms. The number of quaternary nitrogens is 1. The summed E-state index contributed by atoms with van der Waals surface area (Å²) >= 11 is 2.17. The number of hydrogen-bond donors (Lipinski definition) is 0. The first-order valence-corrected chi connectivity index (χ1v) is 16.4. The molecule has 1 heterocycles. The smallest absolute Gasteiger partial charge is 0.141 e. The average Bonchev–Trinajstić information content (AvgIpc) is 2.89. The summed E-state index contributed by atoms with van der Waals surface area (Å²) < 4.78 is 40.6. The average molecular weight is 634 g/mol. The molecule has 1 aromatic carbocycles. The van der Waals surface area contributed by atoms with E-state index in [-0.39, 0.29) is 4.90 Å². The molecule has 1 aliphatic heterocycles. The van der Waals surface area contributed by atoms with Crippen LogP contribution in [0.5, 0.6) is 0 Å². The largest absolute Gasteiger partial charge is 0.744 e. The Morgan fingerprint density at radius 1 is 0.833 bits per heavy atom. The zero-order valence-electron chi connectivity index (χ0n) is 22.4. The van der Waals surface area contributed by atoms with Crippen LogP contribution in [0.3, 0.4) is 0 Å². The van der Waals surface area contributed by atoms with Crippen molar-refractivity contribution < 1.29 is 22.2 Å². The third kappa shape index (κ3) is 17.0. The van der Waals surface area contributed by atoms with E-state index >= 15 is 0 Å². The summed E-state index contributed by atoms with van der Waals surface area (Å²) in [6.45, 7) is 8.76. The van der Waals surface area contributed by atoms with Crippen LogP contribution in [-0.4, -0.2) is 56.8 Å². The number of rotatable bonds is 17. The summed E-state index contributed by atoms with van der Waals surface area (Å²) in [4.78, 5) is -0.185. The van der Waals surface area contributed by atoms with Crippen LogP contribution in [0.2, 0.25) is 0 Å². The van der Waals surface area contributed by atoms with Gasteiger partial charge in [0.15, 0.2) is 0 Å². The summed E-state index contributed by atoms with van der Waals surface area (Å²) in [6.07, 6.45) is 20.1. The van der Waals surface area contributed by atoms with E-state index in [0.29, 0.717) is 0 Å². The van der Waals surface area contributed by atoms with E-state index in [2.05, 4.69) is 39.4 Å². The number of unbranched alkanes of at least 4 members (excludes halogenated alkanes) is 13. The molecule has 0 aromatic heterocycles. The lowest BCUT2D eigenvalue weighted by molar-refractivity contribution is -0.928. The van der Waals surface area contributed by atoms with Gasteiger partial charge in [0, 0.05) is 22.6 Å². The fraction of sp³-hybridized carbons (Fsp3) is 0.724. The van der Waals surface area contributed by atoms with Crippen LogP contribution >= 0.6 is 22.6 Å². The summed E-state index contributed by atoms with van der Waals surface area (Å²) in [5.41, 5.74) is 0. The highest BCUT2D eigenvalue weighted by molar-refractivity contribution is 14.1. The highest BCUT2D eigenvalue weighted by atomic mass is 127. The Morgan fingerprint density at radius 2 is 1.31 bits per heavy atom. The molecular formula is C29H48INO4S. The maximum Gasteiger partial charge on any atom is 0.141 e. The predicted octanol–water partition coefficient (Wildman–Crippen LogP) is 7.30. The van der Waals surface area contributed by atoms with Gasteiger partial charge in [0.05, 0.1) is 24.7 Å². The highest BCUT2D eigenvalue weighted by Gasteiger charge is 2.28. The molecule has 1 aliphatic rings. The third-order valence-corrected chi connectivity index (χ3v) is 8.15. The van der Waals surface area contributed by atoms with Crippen molar-refractivity contribution in [1.29, 1.82) is 0 Å². The first-order chi connectivity index (χ1) is 17.4. The van der Waals surface area contributed by atoms with Gasteiger partial charge in [-0.25, -0.2) is 8.42 Å². The Labute approximate surface area is 235 Å². The molecule has 0 atom stereocenters. The van der Waals surface area contributed by atoms with Gasteiger partial charge in [-0.15, -0.1) is 0 Å². The first kappa shape index (κ1) is 33.4. The fourth-order valence-electron chi connectivity index (χ4n) is 4.62. The maximum atomic E-state index is 10.3. The normalized spacial score (nSPS) is 14.9.